The fourth-order valence-electron chi connectivity index (χ4n) is 3.50. The van der Waals surface area contributed by atoms with Crippen molar-refractivity contribution in [1.82, 2.24) is 0 Å². The zero-order valence-corrected chi connectivity index (χ0v) is 14.2. The molecule has 2 aliphatic rings. The van der Waals surface area contributed by atoms with Crippen molar-refractivity contribution in [2.45, 2.75) is 25.8 Å². The van der Waals surface area contributed by atoms with Crippen molar-refractivity contribution in [2.24, 2.45) is 10.4 Å². The Balaban J connectivity index is 2.30. The monoisotopic (exact) mass is 341 g/mol. The average molecular weight is 341 g/mol. The van der Waals surface area contributed by atoms with Crippen LogP contribution in [-0.2, 0) is 29.4 Å². The van der Waals surface area contributed by atoms with Crippen molar-refractivity contribution < 1.29 is 23.9 Å². The first kappa shape index (κ1) is 17.1. The van der Waals surface area contributed by atoms with Gasteiger partial charge in [0.2, 0.25) is 5.78 Å². The van der Waals surface area contributed by atoms with Crippen LogP contribution in [0.5, 0.6) is 0 Å². The molecule has 0 spiro atoms. The van der Waals surface area contributed by atoms with E-state index in [-0.39, 0.29) is 31.3 Å². The highest BCUT2D eigenvalue weighted by atomic mass is 16.5. The average Bonchev–Trinajstić information content (AvgIpc) is 2.87. The van der Waals surface area contributed by atoms with Gasteiger partial charge in [0.25, 0.3) is 5.90 Å². The van der Waals surface area contributed by atoms with Gasteiger partial charge in [-0.05, 0) is 31.6 Å². The first-order chi connectivity index (χ1) is 12.0. The lowest BCUT2D eigenvalue weighted by Gasteiger charge is -2.40. The van der Waals surface area contributed by atoms with E-state index in [0.717, 1.165) is 0 Å². The summed E-state index contributed by atoms with van der Waals surface area (Å²) in [5.74, 6) is -1.81. The first-order valence-electron chi connectivity index (χ1n) is 8.24. The number of carbonyl (C=O) groups is 3. The summed E-state index contributed by atoms with van der Waals surface area (Å²) in [5.41, 5.74) is -2.47. The van der Waals surface area contributed by atoms with Gasteiger partial charge in [-0.15, -0.1) is 0 Å². The summed E-state index contributed by atoms with van der Waals surface area (Å²) >= 11 is 0. The first-order valence-corrected chi connectivity index (χ1v) is 8.24. The van der Waals surface area contributed by atoms with Crippen molar-refractivity contribution in [3.63, 3.8) is 0 Å². The Kier molecular flexibility index (Phi) is 4.29. The number of fused-ring (bicyclic) bond motifs is 1. The number of benzene rings is 1. The molecule has 0 radical (unpaired) electrons. The summed E-state index contributed by atoms with van der Waals surface area (Å²) in [6.45, 7) is 3.71. The van der Waals surface area contributed by atoms with Gasteiger partial charge in [0.15, 0.2) is 11.2 Å². The number of hydrogen-bond acceptors (Lipinski definition) is 6. The lowest BCUT2D eigenvalue weighted by atomic mass is 9.60. The third-order valence-electron chi connectivity index (χ3n) is 4.58. The van der Waals surface area contributed by atoms with Crippen LogP contribution in [0.1, 0.15) is 25.8 Å². The molecule has 0 aromatic heterocycles. The number of aliphatic imine (C=N–C) groups is 1. The zero-order valence-electron chi connectivity index (χ0n) is 14.2. The molecule has 1 aromatic carbocycles. The van der Waals surface area contributed by atoms with Crippen LogP contribution >= 0.6 is 0 Å². The summed E-state index contributed by atoms with van der Waals surface area (Å²) < 4.78 is 10.6. The number of ketones is 2. The van der Waals surface area contributed by atoms with Gasteiger partial charge in [-0.1, -0.05) is 30.3 Å². The summed E-state index contributed by atoms with van der Waals surface area (Å²) in [7, 11) is 0. The molecular weight excluding hydrogens is 322 g/mol. The molecule has 1 aromatic rings. The number of carbonyl (C=O) groups excluding carboxylic acids is 3. The van der Waals surface area contributed by atoms with Crippen LogP contribution < -0.4 is 0 Å². The van der Waals surface area contributed by atoms with Gasteiger partial charge in [0, 0.05) is 6.42 Å². The molecule has 130 valence electrons. The van der Waals surface area contributed by atoms with Crippen molar-refractivity contribution in [3.8, 4) is 0 Å². The lowest BCUT2D eigenvalue weighted by Crippen LogP contribution is -2.55. The molecule has 0 amide bonds. The van der Waals surface area contributed by atoms with Crippen LogP contribution in [0.25, 0.3) is 0 Å². The standard InChI is InChI=1S/C19H19NO5/c1-3-24-16-15(22)18(17(23)25-4-2)12-14(21)10-11-19(18,20-16)13-8-6-5-7-9-13/h5-11H,3-4,12H2,1-2H3/t18-,19+/m0/s1. The van der Waals surface area contributed by atoms with E-state index in [2.05, 4.69) is 4.99 Å². The van der Waals surface area contributed by atoms with Crippen molar-refractivity contribution in [3.05, 3.63) is 48.0 Å². The number of ether oxygens (including phenoxy) is 2. The van der Waals surface area contributed by atoms with Crippen LogP contribution in [0, 0.1) is 5.41 Å². The second-order valence-electron chi connectivity index (χ2n) is 5.91. The second kappa shape index (κ2) is 6.27. The quantitative estimate of drug-likeness (QED) is 0.618. The minimum Gasteiger partial charge on any atom is -0.476 e. The van der Waals surface area contributed by atoms with E-state index in [9.17, 15) is 14.4 Å². The molecule has 0 saturated heterocycles. The highest BCUT2D eigenvalue weighted by Crippen LogP contribution is 2.55. The normalized spacial score (nSPS) is 27.7. The summed E-state index contributed by atoms with van der Waals surface area (Å²) in [6, 6.07) is 8.97. The molecule has 2 atom stereocenters. The smallest absolute Gasteiger partial charge is 0.323 e. The minimum atomic E-state index is -1.76. The number of Topliss-reactive ketones (excluding diaryl/α,β-unsaturated/α-hetero) is 1. The van der Waals surface area contributed by atoms with E-state index in [4.69, 9.17) is 9.47 Å². The van der Waals surface area contributed by atoms with Gasteiger partial charge in [-0.25, -0.2) is 4.99 Å². The highest BCUT2D eigenvalue weighted by Gasteiger charge is 2.70. The van der Waals surface area contributed by atoms with Gasteiger partial charge in [-0.2, -0.15) is 0 Å². The molecule has 0 unspecified atom stereocenters. The predicted molar refractivity (Wildman–Crippen MR) is 90.0 cm³/mol. The molecule has 3 rings (SSSR count). The topological polar surface area (TPSA) is 82.0 Å². The number of esters is 1. The number of rotatable bonds is 4. The zero-order chi connectivity index (χ0) is 18.1. The SMILES string of the molecule is CCOC(=O)[C@@]12CC(=O)C=C[C@]1(c1ccccc1)N=C(OCC)C2=O. The van der Waals surface area contributed by atoms with Crippen molar-refractivity contribution >= 4 is 23.4 Å². The van der Waals surface area contributed by atoms with Gasteiger partial charge in [0.05, 0.1) is 13.2 Å². The summed E-state index contributed by atoms with van der Waals surface area (Å²) in [6.07, 6.45) is 2.60. The van der Waals surface area contributed by atoms with E-state index in [1.807, 2.05) is 6.07 Å². The molecule has 0 saturated carbocycles. The third-order valence-corrected chi connectivity index (χ3v) is 4.58. The maximum atomic E-state index is 13.1. The van der Waals surface area contributed by atoms with Crippen molar-refractivity contribution in [2.75, 3.05) is 13.2 Å². The van der Waals surface area contributed by atoms with Gasteiger partial charge in [-0.3, -0.25) is 14.4 Å². The van der Waals surface area contributed by atoms with Crippen molar-refractivity contribution in [1.29, 1.82) is 0 Å². The Morgan fingerprint density at radius 3 is 2.52 bits per heavy atom. The number of allylic oxidation sites excluding steroid dienone is 1. The fourth-order valence-corrected chi connectivity index (χ4v) is 3.50. The largest absolute Gasteiger partial charge is 0.476 e. The number of hydrogen-bond donors (Lipinski definition) is 0. The van der Waals surface area contributed by atoms with Crippen LogP contribution in [0.3, 0.4) is 0 Å². The number of nitrogens with zero attached hydrogens (tertiary/aromatic N) is 1. The molecular formula is C19H19NO5. The Morgan fingerprint density at radius 2 is 1.88 bits per heavy atom. The van der Waals surface area contributed by atoms with Crippen LogP contribution in [-0.4, -0.2) is 36.6 Å². The lowest BCUT2D eigenvalue weighted by molar-refractivity contribution is -0.164. The molecule has 1 heterocycles. The highest BCUT2D eigenvalue weighted by molar-refractivity contribution is 6.45. The van der Waals surface area contributed by atoms with Gasteiger partial charge in [0.1, 0.15) is 5.54 Å². The molecule has 25 heavy (non-hydrogen) atoms. The molecule has 6 heteroatoms. The Hall–Kier alpha value is -2.76. The van der Waals surface area contributed by atoms with E-state index < -0.39 is 22.7 Å². The maximum absolute atomic E-state index is 13.1. The van der Waals surface area contributed by atoms with Gasteiger partial charge >= 0.3 is 5.97 Å². The Labute approximate surface area is 145 Å². The van der Waals surface area contributed by atoms with Crippen LogP contribution in [0.15, 0.2) is 47.5 Å². The van der Waals surface area contributed by atoms with E-state index in [1.165, 1.54) is 12.2 Å². The minimum absolute atomic E-state index is 0.0978. The second-order valence-corrected chi connectivity index (χ2v) is 5.91. The Bertz CT molecular complexity index is 782. The molecule has 1 aliphatic carbocycles. The molecule has 0 N–H and O–H groups in total. The van der Waals surface area contributed by atoms with E-state index >= 15 is 0 Å². The van der Waals surface area contributed by atoms with Crippen LogP contribution in [0.2, 0.25) is 0 Å². The molecule has 0 fully saturated rings. The fraction of sp³-hybridized carbons (Fsp3) is 0.368. The third kappa shape index (κ3) is 2.32. The molecule has 0 bridgehead atoms. The Morgan fingerprint density at radius 1 is 1.16 bits per heavy atom. The summed E-state index contributed by atoms with van der Waals surface area (Å²) in [4.78, 5) is 42.7. The molecule has 1 aliphatic heterocycles. The van der Waals surface area contributed by atoms with E-state index in [0.29, 0.717) is 5.56 Å². The predicted octanol–water partition coefficient (Wildman–Crippen LogP) is 1.98. The van der Waals surface area contributed by atoms with E-state index in [1.54, 1.807) is 38.1 Å². The maximum Gasteiger partial charge on any atom is 0.323 e. The molecule has 6 nitrogen and oxygen atoms in total. The summed E-state index contributed by atoms with van der Waals surface area (Å²) in [5, 5.41) is 0. The van der Waals surface area contributed by atoms with Gasteiger partial charge < -0.3 is 9.47 Å². The van der Waals surface area contributed by atoms with Crippen LogP contribution in [0.4, 0.5) is 0 Å².